The van der Waals surface area contributed by atoms with Gasteiger partial charge in [0.1, 0.15) is 5.75 Å². The lowest BCUT2D eigenvalue weighted by Crippen LogP contribution is -2.25. The number of aromatic hydroxyl groups is 1. The Morgan fingerprint density at radius 1 is 1.43 bits per heavy atom. The van der Waals surface area contributed by atoms with E-state index in [1.807, 2.05) is 0 Å². The lowest BCUT2D eigenvalue weighted by Gasteiger charge is -2.22. The Balaban J connectivity index is 2.91. The lowest BCUT2D eigenvalue weighted by molar-refractivity contribution is 0.366. The van der Waals surface area contributed by atoms with Crippen molar-refractivity contribution in [3.05, 3.63) is 28.8 Å². The summed E-state index contributed by atoms with van der Waals surface area (Å²) in [5.74, 6) is 0.288. The first-order chi connectivity index (χ1) is 6.44. The number of rotatable bonds is 3. The fourth-order valence-corrected chi connectivity index (χ4v) is 1.48. The molecule has 78 valence electrons. The molecule has 2 nitrogen and oxygen atoms in total. The van der Waals surface area contributed by atoms with Crippen molar-refractivity contribution in [2.75, 3.05) is 6.54 Å². The zero-order valence-electron chi connectivity index (χ0n) is 8.55. The standard InChI is InChI=1S/C11H16ClNO/c1-11(2,7-13)6-8-5-9(12)3-4-10(8)14/h3-5,14H,6-7,13H2,1-2H3. The second-order valence-electron chi connectivity index (χ2n) is 4.32. The second-order valence-corrected chi connectivity index (χ2v) is 4.75. The molecule has 0 atom stereocenters. The second kappa shape index (κ2) is 4.20. The summed E-state index contributed by atoms with van der Waals surface area (Å²) >= 11 is 5.85. The summed E-state index contributed by atoms with van der Waals surface area (Å²) in [6.07, 6.45) is 0.732. The molecule has 0 aliphatic heterocycles. The molecule has 0 heterocycles. The first-order valence-electron chi connectivity index (χ1n) is 4.62. The Morgan fingerprint density at radius 2 is 2.07 bits per heavy atom. The third-order valence-corrected chi connectivity index (χ3v) is 2.50. The zero-order valence-corrected chi connectivity index (χ0v) is 9.30. The maximum atomic E-state index is 9.59. The third-order valence-electron chi connectivity index (χ3n) is 2.26. The minimum Gasteiger partial charge on any atom is -0.508 e. The van der Waals surface area contributed by atoms with Crippen molar-refractivity contribution in [3.63, 3.8) is 0 Å². The first-order valence-corrected chi connectivity index (χ1v) is 5.00. The molecule has 0 amide bonds. The van der Waals surface area contributed by atoms with Gasteiger partial charge >= 0.3 is 0 Å². The van der Waals surface area contributed by atoms with Gasteiger partial charge in [-0.05, 0) is 42.1 Å². The van der Waals surface area contributed by atoms with Crippen molar-refractivity contribution in [2.45, 2.75) is 20.3 Å². The van der Waals surface area contributed by atoms with Crippen LogP contribution in [0.25, 0.3) is 0 Å². The summed E-state index contributed by atoms with van der Waals surface area (Å²) in [4.78, 5) is 0. The van der Waals surface area contributed by atoms with Crippen molar-refractivity contribution >= 4 is 11.6 Å². The quantitative estimate of drug-likeness (QED) is 0.811. The predicted molar refractivity (Wildman–Crippen MR) is 59.7 cm³/mol. The van der Waals surface area contributed by atoms with Crippen molar-refractivity contribution in [2.24, 2.45) is 11.1 Å². The number of hydrogen-bond donors (Lipinski definition) is 2. The molecule has 1 rings (SSSR count). The maximum Gasteiger partial charge on any atom is 0.118 e. The summed E-state index contributed by atoms with van der Waals surface area (Å²) in [6, 6.07) is 5.08. The Morgan fingerprint density at radius 3 is 2.64 bits per heavy atom. The lowest BCUT2D eigenvalue weighted by atomic mass is 9.86. The van der Waals surface area contributed by atoms with Crippen LogP contribution in [0.5, 0.6) is 5.75 Å². The van der Waals surface area contributed by atoms with Crippen LogP contribution in [0.15, 0.2) is 18.2 Å². The SMILES string of the molecule is CC(C)(CN)Cc1cc(Cl)ccc1O. The molecule has 0 saturated carbocycles. The number of phenolic OH excluding ortho intramolecular Hbond substituents is 1. The average Bonchev–Trinajstić information content (AvgIpc) is 2.11. The van der Waals surface area contributed by atoms with E-state index in [1.165, 1.54) is 0 Å². The van der Waals surface area contributed by atoms with Crippen LogP contribution < -0.4 is 5.73 Å². The topological polar surface area (TPSA) is 46.2 Å². The van der Waals surface area contributed by atoms with Crippen LogP contribution in [0.3, 0.4) is 0 Å². The zero-order chi connectivity index (χ0) is 10.8. The highest BCUT2D eigenvalue weighted by atomic mass is 35.5. The summed E-state index contributed by atoms with van der Waals surface area (Å²) in [7, 11) is 0. The minimum absolute atomic E-state index is 0.0117. The van der Waals surface area contributed by atoms with Gasteiger partial charge in [-0.15, -0.1) is 0 Å². The molecule has 1 aromatic rings. The number of halogens is 1. The van der Waals surface area contributed by atoms with Gasteiger partial charge in [0, 0.05) is 5.02 Å². The Kier molecular flexibility index (Phi) is 3.40. The van der Waals surface area contributed by atoms with Gasteiger partial charge in [-0.3, -0.25) is 0 Å². The first kappa shape index (κ1) is 11.3. The molecule has 0 aliphatic rings. The van der Waals surface area contributed by atoms with Crippen molar-refractivity contribution < 1.29 is 5.11 Å². The molecular weight excluding hydrogens is 198 g/mol. The van der Waals surface area contributed by atoms with Gasteiger partial charge < -0.3 is 10.8 Å². The molecule has 1 aromatic carbocycles. The molecule has 0 aliphatic carbocycles. The molecule has 0 fully saturated rings. The van der Waals surface area contributed by atoms with Crippen LogP contribution in [0.1, 0.15) is 19.4 Å². The molecule has 0 bridgehead atoms. The number of nitrogens with two attached hydrogens (primary N) is 1. The van der Waals surface area contributed by atoms with Crippen LogP contribution in [0, 0.1) is 5.41 Å². The number of benzene rings is 1. The molecule has 0 saturated heterocycles. The van der Waals surface area contributed by atoms with E-state index in [-0.39, 0.29) is 11.2 Å². The van der Waals surface area contributed by atoms with Crippen LogP contribution in [-0.2, 0) is 6.42 Å². The fraction of sp³-hybridized carbons (Fsp3) is 0.455. The summed E-state index contributed by atoms with van der Waals surface area (Å²) in [5.41, 5.74) is 6.47. The minimum atomic E-state index is -0.0117. The van der Waals surface area contributed by atoms with Gasteiger partial charge in [0.05, 0.1) is 0 Å². The van der Waals surface area contributed by atoms with Gasteiger partial charge in [-0.2, -0.15) is 0 Å². The van der Waals surface area contributed by atoms with Gasteiger partial charge in [-0.1, -0.05) is 25.4 Å². The third kappa shape index (κ3) is 2.89. The van der Waals surface area contributed by atoms with Gasteiger partial charge in [0.2, 0.25) is 0 Å². The van der Waals surface area contributed by atoms with E-state index in [1.54, 1.807) is 18.2 Å². The fourth-order valence-electron chi connectivity index (χ4n) is 1.28. The molecule has 3 heteroatoms. The van der Waals surface area contributed by atoms with E-state index < -0.39 is 0 Å². The predicted octanol–water partition coefficient (Wildman–Crippen LogP) is 2.57. The van der Waals surface area contributed by atoms with Crippen molar-refractivity contribution in [1.82, 2.24) is 0 Å². The molecular formula is C11H16ClNO. The molecule has 0 radical (unpaired) electrons. The number of hydrogen-bond acceptors (Lipinski definition) is 2. The molecule has 14 heavy (non-hydrogen) atoms. The highest BCUT2D eigenvalue weighted by Crippen LogP contribution is 2.28. The molecule has 0 aromatic heterocycles. The summed E-state index contributed by atoms with van der Waals surface area (Å²) in [5, 5.41) is 10.2. The maximum absolute atomic E-state index is 9.59. The van der Waals surface area contributed by atoms with E-state index >= 15 is 0 Å². The van der Waals surface area contributed by atoms with E-state index in [2.05, 4.69) is 13.8 Å². The van der Waals surface area contributed by atoms with E-state index in [0.29, 0.717) is 11.6 Å². The highest BCUT2D eigenvalue weighted by Gasteiger charge is 2.18. The van der Waals surface area contributed by atoms with Crippen molar-refractivity contribution in [3.8, 4) is 5.75 Å². The monoisotopic (exact) mass is 213 g/mol. The van der Waals surface area contributed by atoms with Crippen LogP contribution in [0.2, 0.25) is 5.02 Å². The van der Waals surface area contributed by atoms with Crippen molar-refractivity contribution in [1.29, 1.82) is 0 Å². The molecule has 0 unspecified atom stereocenters. The average molecular weight is 214 g/mol. The Bertz CT molecular complexity index is 323. The Hall–Kier alpha value is -0.730. The van der Waals surface area contributed by atoms with E-state index in [0.717, 1.165) is 12.0 Å². The molecule has 0 spiro atoms. The van der Waals surface area contributed by atoms with Crippen LogP contribution in [0.4, 0.5) is 0 Å². The normalized spacial score (nSPS) is 11.7. The number of phenols is 1. The van der Waals surface area contributed by atoms with E-state index in [4.69, 9.17) is 17.3 Å². The van der Waals surface area contributed by atoms with Crippen LogP contribution >= 0.6 is 11.6 Å². The summed E-state index contributed by atoms with van der Waals surface area (Å²) < 4.78 is 0. The molecule has 3 N–H and O–H groups in total. The smallest absolute Gasteiger partial charge is 0.118 e. The largest absolute Gasteiger partial charge is 0.508 e. The summed E-state index contributed by atoms with van der Waals surface area (Å²) in [6.45, 7) is 4.71. The highest BCUT2D eigenvalue weighted by molar-refractivity contribution is 6.30. The van der Waals surface area contributed by atoms with Gasteiger partial charge in [0.25, 0.3) is 0 Å². The van der Waals surface area contributed by atoms with Gasteiger partial charge in [-0.25, -0.2) is 0 Å². The van der Waals surface area contributed by atoms with Gasteiger partial charge in [0.15, 0.2) is 0 Å². The van der Waals surface area contributed by atoms with Crippen LogP contribution in [-0.4, -0.2) is 11.7 Å². The van der Waals surface area contributed by atoms with E-state index in [9.17, 15) is 5.11 Å². The Labute approximate surface area is 89.7 Å².